The number of halogens is 1. The number of likely N-dealkylation sites (N-methyl/N-ethyl adjacent to an activating group) is 1. The molecule has 0 bridgehead atoms. The number of aromatic nitrogens is 1. The van der Waals surface area contributed by atoms with E-state index in [1.165, 1.54) is 11.0 Å². The quantitative estimate of drug-likeness (QED) is 0.339. The number of primary amides is 1. The monoisotopic (exact) mass is 585 g/mol. The van der Waals surface area contributed by atoms with Crippen LogP contribution in [0.2, 0.25) is 0 Å². The minimum Gasteiger partial charge on any atom is -0.508 e. The third-order valence-corrected chi connectivity index (χ3v) is 8.05. The van der Waals surface area contributed by atoms with E-state index in [0.29, 0.717) is 16.7 Å². The lowest BCUT2D eigenvalue weighted by Crippen LogP contribution is -2.65. The largest absolute Gasteiger partial charge is 0.508 e. The maximum Gasteiger partial charge on any atom is 0.255 e. The minimum absolute atomic E-state index is 0. The fourth-order valence-corrected chi connectivity index (χ4v) is 6.44. The Morgan fingerprint density at radius 2 is 1.87 bits per heavy atom. The summed E-state index contributed by atoms with van der Waals surface area (Å²) in [7, 11) is 3.12. The number of nitrogens with zero attached hydrogens (tertiary/aromatic N) is 2. The highest BCUT2D eigenvalue weighted by molar-refractivity contribution is 9.10. The number of aliphatic hydroxyl groups is 3. The molecule has 0 saturated heterocycles. The van der Waals surface area contributed by atoms with E-state index in [1.807, 2.05) is 6.07 Å². The molecule has 1 fully saturated rings. The van der Waals surface area contributed by atoms with Gasteiger partial charge in [-0.15, -0.1) is 0 Å². The van der Waals surface area contributed by atoms with Gasteiger partial charge in [0.05, 0.1) is 11.6 Å². The summed E-state index contributed by atoms with van der Waals surface area (Å²) in [5.41, 5.74) is 3.66. The van der Waals surface area contributed by atoms with E-state index >= 15 is 0 Å². The van der Waals surface area contributed by atoms with Crippen molar-refractivity contribution in [2.75, 3.05) is 14.1 Å². The van der Waals surface area contributed by atoms with Gasteiger partial charge in [0.25, 0.3) is 5.91 Å². The van der Waals surface area contributed by atoms with Crippen molar-refractivity contribution in [1.82, 2.24) is 9.88 Å². The van der Waals surface area contributed by atoms with Crippen molar-refractivity contribution in [3.63, 3.8) is 0 Å². The molecule has 1 saturated carbocycles. The molecule has 11 heteroatoms. The second-order valence-electron chi connectivity index (χ2n) is 9.84. The molecule has 5 rings (SSSR count). The van der Waals surface area contributed by atoms with E-state index in [4.69, 9.17) is 5.73 Å². The highest BCUT2D eigenvalue weighted by atomic mass is 79.9. The third-order valence-electron chi connectivity index (χ3n) is 7.62. The van der Waals surface area contributed by atoms with Crippen LogP contribution in [0.15, 0.2) is 52.0 Å². The van der Waals surface area contributed by atoms with Gasteiger partial charge in [-0.3, -0.25) is 24.3 Å². The van der Waals surface area contributed by atoms with Crippen LogP contribution in [0.3, 0.4) is 0 Å². The average molecular weight is 586 g/mol. The molecule has 38 heavy (non-hydrogen) atoms. The topological polar surface area (TPSA) is 174 Å². The number of aromatic hydroxyl groups is 1. The summed E-state index contributed by atoms with van der Waals surface area (Å²) in [5, 5.41) is 44.5. The van der Waals surface area contributed by atoms with Crippen molar-refractivity contribution in [3.8, 4) is 16.9 Å². The molecule has 1 aromatic carbocycles. The maximum absolute atomic E-state index is 13.9. The number of phenolic OH excluding ortho intramolecular Hbond substituents is 1. The summed E-state index contributed by atoms with van der Waals surface area (Å²) in [6.45, 7) is 0. The summed E-state index contributed by atoms with van der Waals surface area (Å²) >= 11 is 3.39. The SMILES string of the molecule is C.CN(C)[C@@H]1C(=O)C(C(N)=O)=C(O)[C@@]2(O)C(=O)C3=C(O)c4c(O)ccc(-c5cncc(Br)c5)c4C[C@H]3C[C@@H]12. The van der Waals surface area contributed by atoms with Gasteiger partial charge in [-0.05, 0) is 72.0 Å². The number of carbonyl (C=O) groups is 3. The number of fused-ring (bicyclic) bond motifs is 3. The van der Waals surface area contributed by atoms with E-state index in [0.717, 1.165) is 4.47 Å². The second kappa shape index (κ2) is 9.33. The summed E-state index contributed by atoms with van der Waals surface area (Å²) in [5.74, 6) is -6.78. The fourth-order valence-electron chi connectivity index (χ4n) is 6.07. The van der Waals surface area contributed by atoms with E-state index < -0.39 is 58.0 Å². The Balaban J connectivity index is 0.00000336. The zero-order valence-electron chi connectivity index (χ0n) is 19.9. The predicted octanol–water partition coefficient (Wildman–Crippen LogP) is 2.42. The molecule has 1 amide bonds. The molecule has 1 aromatic heterocycles. The Kier molecular flexibility index (Phi) is 6.75. The zero-order valence-corrected chi connectivity index (χ0v) is 21.5. The van der Waals surface area contributed by atoms with Crippen molar-refractivity contribution in [2.24, 2.45) is 17.6 Å². The van der Waals surface area contributed by atoms with Crippen LogP contribution in [0.25, 0.3) is 16.9 Å². The van der Waals surface area contributed by atoms with Crippen LogP contribution in [0.4, 0.5) is 0 Å². The van der Waals surface area contributed by atoms with Crippen LogP contribution in [-0.4, -0.2) is 73.5 Å². The molecule has 3 aliphatic rings. The summed E-state index contributed by atoms with van der Waals surface area (Å²) in [4.78, 5) is 44.7. The van der Waals surface area contributed by atoms with Crippen LogP contribution in [-0.2, 0) is 20.8 Å². The van der Waals surface area contributed by atoms with Gasteiger partial charge in [0.15, 0.2) is 11.4 Å². The number of carbonyl (C=O) groups excluding carboxylic acids is 3. The van der Waals surface area contributed by atoms with Gasteiger partial charge in [-0.25, -0.2) is 0 Å². The fraction of sp³-hybridized carbons (Fsp3) is 0.333. The molecule has 6 N–H and O–H groups in total. The zero-order chi connectivity index (χ0) is 27.0. The standard InChI is InChI=1S/C26H24BrN3O7.CH4/c1-30(2)20-15-7-10-6-14-13(11-5-12(27)9-29-8-11)3-4-16(31)18(14)21(32)17(10)23(34)26(15,37)24(35)19(22(20)33)25(28)36;/h3-5,8-10,15,20,31-32,35,37H,6-7H2,1-2H3,(H2,28,36);1H4/t10-,15-,20-,26-;/m0./s1. The Bertz CT molecular complexity index is 1460. The summed E-state index contributed by atoms with van der Waals surface area (Å²) in [6, 6.07) is 3.78. The van der Waals surface area contributed by atoms with Crippen LogP contribution in [0.1, 0.15) is 25.0 Å². The first kappa shape index (κ1) is 27.5. The van der Waals surface area contributed by atoms with Crippen molar-refractivity contribution >= 4 is 39.2 Å². The Morgan fingerprint density at radius 3 is 2.47 bits per heavy atom. The number of amides is 1. The molecule has 0 unspecified atom stereocenters. The van der Waals surface area contributed by atoms with Crippen molar-refractivity contribution in [1.29, 1.82) is 0 Å². The van der Waals surface area contributed by atoms with Gasteiger partial charge < -0.3 is 26.2 Å². The lowest BCUT2D eigenvalue weighted by Gasteiger charge is -2.50. The number of benzene rings is 1. The molecule has 10 nitrogen and oxygen atoms in total. The number of pyridine rings is 1. The van der Waals surface area contributed by atoms with Crippen LogP contribution in [0.5, 0.6) is 5.75 Å². The number of hydrogen-bond acceptors (Lipinski definition) is 9. The highest BCUT2D eigenvalue weighted by Crippen LogP contribution is 2.53. The Morgan fingerprint density at radius 1 is 1.18 bits per heavy atom. The Labute approximate surface area is 227 Å². The number of phenols is 1. The van der Waals surface area contributed by atoms with Crippen LogP contribution >= 0.6 is 15.9 Å². The van der Waals surface area contributed by atoms with Gasteiger partial charge in [0.2, 0.25) is 5.78 Å². The molecule has 200 valence electrons. The van der Waals surface area contributed by atoms with Gasteiger partial charge in [0.1, 0.15) is 22.8 Å². The number of Topliss-reactive ketones (excluding diaryl/α,β-unsaturated/α-hetero) is 2. The first-order chi connectivity index (χ1) is 17.4. The molecule has 4 atom stereocenters. The van der Waals surface area contributed by atoms with Crippen LogP contribution in [0, 0.1) is 11.8 Å². The Hall–Kier alpha value is -3.54. The smallest absolute Gasteiger partial charge is 0.255 e. The van der Waals surface area contributed by atoms with E-state index in [2.05, 4.69) is 20.9 Å². The van der Waals surface area contributed by atoms with E-state index in [-0.39, 0.29) is 37.2 Å². The number of rotatable bonds is 3. The molecule has 2 aromatic rings. The van der Waals surface area contributed by atoms with Gasteiger partial charge in [-0.1, -0.05) is 13.5 Å². The first-order valence-corrected chi connectivity index (χ1v) is 12.3. The highest BCUT2D eigenvalue weighted by Gasteiger charge is 2.64. The molecular weight excluding hydrogens is 558 g/mol. The van der Waals surface area contributed by atoms with E-state index in [9.17, 15) is 34.8 Å². The predicted molar refractivity (Wildman–Crippen MR) is 142 cm³/mol. The molecule has 3 aliphatic carbocycles. The first-order valence-electron chi connectivity index (χ1n) is 11.5. The molecule has 0 aliphatic heterocycles. The number of nitrogens with two attached hydrogens (primary N) is 1. The number of hydrogen-bond donors (Lipinski definition) is 5. The van der Waals surface area contributed by atoms with Gasteiger partial charge in [0, 0.05) is 33.9 Å². The number of ketones is 2. The lowest BCUT2D eigenvalue weighted by molar-refractivity contribution is -0.153. The maximum atomic E-state index is 13.9. The molecule has 0 radical (unpaired) electrons. The van der Waals surface area contributed by atoms with Gasteiger partial charge >= 0.3 is 0 Å². The molecule has 0 spiro atoms. The molecular formula is C27H28BrN3O7. The number of aliphatic hydroxyl groups excluding tert-OH is 2. The normalized spacial score (nSPS) is 26.5. The van der Waals surface area contributed by atoms with Crippen molar-refractivity contribution < 1.29 is 34.8 Å². The minimum atomic E-state index is -2.66. The van der Waals surface area contributed by atoms with Crippen molar-refractivity contribution in [3.05, 3.63) is 63.1 Å². The van der Waals surface area contributed by atoms with Crippen molar-refractivity contribution in [2.45, 2.75) is 31.9 Å². The summed E-state index contributed by atoms with van der Waals surface area (Å²) in [6.07, 6.45) is 3.48. The average Bonchev–Trinajstić information content (AvgIpc) is 2.81. The summed E-state index contributed by atoms with van der Waals surface area (Å²) < 4.78 is 0.725. The second-order valence-corrected chi connectivity index (χ2v) is 10.8. The van der Waals surface area contributed by atoms with Gasteiger partial charge in [-0.2, -0.15) is 0 Å². The molecule has 1 heterocycles. The van der Waals surface area contributed by atoms with E-state index in [1.54, 1.807) is 32.6 Å². The lowest BCUT2D eigenvalue weighted by atomic mass is 9.57. The van der Waals surface area contributed by atoms with Crippen LogP contribution < -0.4 is 5.73 Å². The third kappa shape index (κ3) is 3.68.